The van der Waals surface area contributed by atoms with Crippen LogP contribution in [0.1, 0.15) is 22.5 Å². The van der Waals surface area contributed by atoms with E-state index in [9.17, 15) is 9.59 Å². The zero-order valence-electron chi connectivity index (χ0n) is 10.5. The van der Waals surface area contributed by atoms with Crippen molar-refractivity contribution in [3.05, 3.63) is 40.9 Å². The monoisotopic (exact) mass is 275 g/mol. The van der Waals surface area contributed by atoms with Crippen molar-refractivity contribution in [1.82, 2.24) is 4.98 Å². The standard InChI is InChI=1S/C14H13NO3S/c1-18-14(17)11-6-4-10(5-7-11)13-15-12(9-19-13)3-2-8-16/h4-9H,2-3H2,1H3. The van der Waals surface area contributed by atoms with Crippen LogP contribution in [-0.2, 0) is 16.0 Å². The summed E-state index contributed by atoms with van der Waals surface area (Å²) in [6.07, 6.45) is 2.05. The first kappa shape index (κ1) is 13.4. The van der Waals surface area contributed by atoms with E-state index in [1.165, 1.54) is 18.4 Å². The Morgan fingerprint density at radius 1 is 1.37 bits per heavy atom. The summed E-state index contributed by atoms with van der Waals surface area (Å²) in [6, 6.07) is 7.12. The molecule has 0 atom stereocenters. The summed E-state index contributed by atoms with van der Waals surface area (Å²) in [7, 11) is 1.36. The molecule has 2 aromatic rings. The van der Waals surface area contributed by atoms with Crippen LogP contribution in [0.4, 0.5) is 0 Å². The van der Waals surface area contributed by atoms with Gasteiger partial charge in [0.05, 0.1) is 18.4 Å². The van der Waals surface area contributed by atoms with E-state index in [1.54, 1.807) is 12.1 Å². The fraction of sp³-hybridized carbons (Fsp3) is 0.214. The highest BCUT2D eigenvalue weighted by atomic mass is 32.1. The molecule has 98 valence electrons. The van der Waals surface area contributed by atoms with Gasteiger partial charge in [0.1, 0.15) is 11.3 Å². The Morgan fingerprint density at radius 2 is 2.11 bits per heavy atom. The number of aldehydes is 1. The molecule has 1 aromatic carbocycles. The number of ether oxygens (including phenoxy) is 1. The molecule has 0 aliphatic rings. The number of rotatable bonds is 5. The predicted molar refractivity (Wildman–Crippen MR) is 73.3 cm³/mol. The summed E-state index contributed by atoms with van der Waals surface area (Å²) in [5.41, 5.74) is 2.39. The van der Waals surface area contributed by atoms with Crippen molar-refractivity contribution in [2.75, 3.05) is 7.11 Å². The first-order valence-electron chi connectivity index (χ1n) is 5.81. The summed E-state index contributed by atoms with van der Waals surface area (Å²) in [5.74, 6) is -0.350. The van der Waals surface area contributed by atoms with E-state index in [1.807, 2.05) is 17.5 Å². The van der Waals surface area contributed by atoms with Gasteiger partial charge in [-0.1, -0.05) is 12.1 Å². The second-order valence-corrected chi connectivity index (χ2v) is 4.78. The van der Waals surface area contributed by atoms with Crippen molar-refractivity contribution in [3.8, 4) is 10.6 Å². The van der Waals surface area contributed by atoms with Crippen LogP contribution in [-0.4, -0.2) is 24.3 Å². The highest BCUT2D eigenvalue weighted by Gasteiger charge is 2.08. The molecule has 0 saturated carbocycles. The van der Waals surface area contributed by atoms with Gasteiger partial charge in [-0.2, -0.15) is 0 Å². The van der Waals surface area contributed by atoms with Crippen molar-refractivity contribution < 1.29 is 14.3 Å². The van der Waals surface area contributed by atoms with E-state index >= 15 is 0 Å². The van der Waals surface area contributed by atoms with Crippen LogP contribution in [0.15, 0.2) is 29.6 Å². The Hall–Kier alpha value is -2.01. The number of nitrogens with zero attached hydrogens (tertiary/aromatic N) is 1. The zero-order valence-corrected chi connectivity index (χ0v) is 11.3. The number of benzene rings is 1. The highest BCUT2D eigenvalue weighted by Crippen LogP contribution is 2.24. The van der Waals surface area contributed by atoms with Crippen molar-refractivity contribution in [3.63, 3.8) is 0 Å². The molecular formula is C14H13NO3S. The molecule has 19 heavy (non-hydrogen) atoms. The third-order valence-electron chi connectivity index (χ3n) is 2.62. The minimum absolute atomic E-state index is 0.350. The fourth-order valence-electron chi connectivity index (χ4n) is 1.63. The maximum absolute atomic E-state index is 11.3. The van der Waals surface area contributed by atoms with Crippen molar-refractivity contribution in [2.45, 2.75) is 12.8 Å². The van der Waals surface area contributed by atoms with Gasteiger partial charge in [-0.05, 0) is 18.6 Å². The molecular weight excluding hydrogens is 262 g/mol. The number of aromatic nitrogens is 1. The normalized spacial score (nSPS) is 10.2. The van der Waals surface area contributed by atoms with E-state index in [-0.39, 0.29) is 5.97 Å². The van der Waals surface area contributed by atoms with E-state index in [2.05, 4.69) is 9.72 Å². The summed E-state index contributed by atoms with van der Waals surface area (Å²) in [4.78, 5) is 26.1. The summed E-state index contributed by atoms with van der Waals surface area (Å²) >= 11 is 1.53. The number of hydrogen-bond acceptors (Lipinski definition) is 5. The van der Waals surface area contributed by atoms with Gasteiger partial charge in [-0.25, -0.2) is 9.78 Å². The molecule has 0 spiro atoms. The topological polar surface area (TPSA) is 56.3 Å². The van der Waals surface area contributed by atoms with Crippen molar-refractivity contribution in [1.29, 1.82) is 0 Å². The Balaban J connectivity index is 2.15. The second-order valence-electron chi connectivity index (χ2n) is 3.92. The lowest BCUT2D eigenvalue weighted by Gasteiger charge is -2.00. The lowest BCUT2D eigenvalue weighted by atomic mass is 10.1. The van der Waals surface area contributed by atoms with Gasteiger partial charge >= 0.3 is 5.97 Å². The van der Waals surface area contributed by atoms with Crippen LogP contribution in [0, 0.1) is 0 Å². The zero-order chi connectivity index (χ0) is 13.7. The number of methoxy groups -OCH3 is 1. The van der Waals surface area contributed by atoms with E-state index in [0.29, 0.717) is 18.4 Å². The molecule has 0 aliphatic heterocycles. The lowest BCUT2D eigenvalue weighted by molar-refractivity contribution is -0.107. The Bertz CT molecular complexity index is 575. The molecule has 1 aromatic heterocycles. The summed E-state index contributed by atoms with van der Waals surface area (Å²) in [5, 5.41) is 2.84. The first-order valence-corrected chi connectivity index (χ1v) is 6.69. The molecule has 0 aliphatic carbocycles. The van der Waals surface area contributed by atoms with Gasteiger partial charge in [0.2, 0.25) is 0 Å². The molecule has 4 nitrogen and oxygen atoms in total. The molecule has 0 N–H and O–H groups in total. The van der Waals surface area contributed by atoms with Crippen LogP contribution in [0.2, 0.25) is 0 Å². The average molecular weight is 275 g/mol. The van der Waals surface area contributed by atoms with Crippen LogP contribution >= 0.6 is 11.3 Å². The molecule has 0 unspecified atom stereocenters. The van der Waals surface area contributed by atoms with Gasteiger partial charge in [-0.3, -0.25) is 0 Å². The van der Waals surface area contributed by atoms with E-state index in [0.717, 1.165) is 22.6 Å². The van der Waals surface area contributed by atoms with Crippen molar-refractivity contribution >= 4 is 23.6 Å². The van der Waals surface area contributed by atoms with E-state index in [4.69, 9.17) is 0 Å². The summed E-state index contributed by atoms with van der Waals surface area (Å²) < 4.78 is 4.65. The number of hydrogen-bond donors (Lipinski definition) is 0. The predicted octanol–water partition coefficient (Wildman–Crippen LogP) is 2.73. The van der Waals surface area contributed by atoms with Gasteiger partial charge < -0.3 is 9.53 Å². The second kappa shape index (κ2) is 6.24. The molecule has 0 fully saturated rings. The lowest BCUT2D eigenvalue weighted by Crippen LogP contribution is -2.00. The third-order valence-corrected chi connectivity index (χ3v) is 3.56. The minimum Gasteiger partial charge on any atom is -0.465 e. The highest BCUT2D eigenvalue weighted by molar-refractivity contribution is 7.13. The van der Waals surface area contributed by atoms with Gasteiger partial charge in [-0.15, -0.1) is 11.3 Å². The number of aryl methyl sites for hydroxylation is 1. The Kier molecular flexibility index (Phi) is 4.41. The molecule has 0 bridgehead atoms. The fourth-order valence-corrected chi connectivity index (χ4v) is 2.49. The summed E-state index contributed by atoms with van der Waals surface area (Å²) in [6.45, 7) is 0. The molecule has 2 rings (SSSR count). The van der Waals surface area contributed by atoms with Gasteiger partial charge in [0, 0.05) is 17.4 Å². The SMILES string of the molecule is COC(=O)c1ccc(-c2nc(CCC=O)cs2)cc1. The van der Waals surface area contributed by atoms with Crippen LogP contribution in [0.25, 0.3) is 10.6 Å². The number of carbonyl (C=O) groups is 2. The third kappa shape index (κ3) is 3.26. The molecule has 5 heteroatoms. The largest absolute Gasteiger partial charge is 0.465 e. The maximum atomic E-state index is 11.3. The molecule has 0 saturated heterocycles. The minimum atomic E-state index is -0.350. The van der Waals surface area contributed by atoms with Gasteiger partial charge in [0.25, 0.3) is 0 Å². The molecule has 0 radical (unpaired) electrons. The van der Waals surface area contributed by atoms with Gasteiger partial charge in [0.15, 0.2) is 0 Å². The number of thiazole rings is 1. The smallest absolute Gasteiger partial charge is 0.337 e. The molecule has 0 amide bonds. The molecule has 1 heterocycles. The Labute approximate surface area is 115 Å². The maximum Gasteiger partial charge on any atom is 0.337 e. The van der Waals surface area contributed by atoms with E-state index < -0.39 is 0 Å². The van der Waals surface area contributed by atoms with Crippen molar-refractivity contribution in [2.24, 2.45) is 0 Å². The number of esters is 1. The first-order chi connectivity index (χ1) is 9.24. The quantitative estimate of drug-likeness (QED) is 0.622. The average Bonchev–Trinajstić information content (AvgIpc) is 2.93. The van der Waals surface area contributed by atoms with Crippen LogP contribution in [0.3, 0.4) is 0 Å². The van der Waals surface area contributed by atoms with Crippen LogP contribution < -0.4 is 0 Å². The van der Waals surface area contributed by atoms with Crippen LogP contribution in [0.5, 0.6) is 0 Å². The number of carbonyl (C=O) groups excluding carboxylic acids is 2. The Morgan fingerprint density at radius 3 is 2.74 bits per heavy atom.